The molecule has 0 aliphatic heterocycles. The van der Waals surface area contributed by atoms with Crippen LogP contribution in [0.25, 0.3) is 0 Å². The van der Waals surface area contributed by atoms with Crippen LogP contribution in [0.2, 0.25) is 0 Å². The number of nitrogens with one attached hydrogen (secondary N) is 1. The van der Waals surface area contributed by atoms with Crippen LogP contribution in [-0.4, -0.2) is 24.1 Å². The first kappa shape index (κ1) is 12.6. The van der Waals surface area contributed by atoms with Crippen LogP contribution in [0.5, 0.6) is 0 Å². The van der Waals surface area contributed by atoms with Gasteiger partial charge in [0, 0.05) is 31.9 Å². The van der Waals surface area contributed by atoms with E-state index in [9.17, 15) is 0 Å². The Hall–Kier alpha value is -1.81. The van der Waals surface area contributed by atoms with Crippen molar-refractivity contribution in [3.05, 3.63) is 42.1 Å². The molecule has 5 heteroatoms. The predicted octanol–water partition coefficient (Wildman–Crippen LogP) is 3.03. The summed E-state index contributed by atoms with van der Waals surface area (Å²) in [5.74, 6) is 1.94. The Bertz CT molecular complexity index is 528. The average Bonchev–Trinajstić information content (AvgIpc) is 2.39. The summed E-state index contributed by atoms with van der Waals surface area (Å²) in [5, 5.41) is 3.24. The number of hydrogen-bond donors (Lipinski definition) is 1. The predicted molar refractivity (Wildman–Crippen MR) is 75.6 cm³/mol. The Labute approximate surface area is 112 Å². The summed E-state index contributed by atoms with van der Waals surface area (Å²) >= 11 is 5.81. The molecule has 0 amide bonds. The Kier molecular flexibility index (Phi) is 3.99. The number of nitrogens with zero attached hydrogens (tertiary/aromatic N) is 3. The molecular formula is C13H15ClN4. The molecule has 2 rings (SSSR count). The minimum atomic E-state index is 0.502. The number of hydrogen-bond acceptors (Lipinski definition) is 4. The van der Waals surface area contributed by atoms with Crippen molar-refractivity contribution in [2.75, 3.05) is 24.3 Å². The van der Waals surface area contributed by atoms with Gasteiger partial charge in [-0.05, 0) is 23.8 Å². The third-order valence-corrected chi connectivity index (χ3v) is 2.71. The zero-order valence-corrected chi connectivity index (χ0v) is 11.1. The van der Waals surface area contributed by atoms with Gasteiger partial charge < -0.3 is 10.2 Å². The molecule has 0 saturated heterocycles. The fourth-order valence-corrected chi connectivity index (χ4v) is 1.68. The van der Waals surface area contributed by atoms with E-state index in [1.807, 2.05) is 49.3 Å². The van der Waals surface area contributed by atoms with Gasteiger partial charge in [-0.3, -0.25) is 0 Å². The normalized spacial score (nSPS) is 10.2. The van der Waals surface area contributed by atoms with Gasteiger partial charge in [0.1, 0.15) is 5.82 Å². The Morgan fingerprint density at radius 1 is 1.28 bits per heavy atom. The molecule has 18 heavy (non-hydrogen) atoms. The summed E-state index contributed by atoms with van der Waals surface area (Å²) in [5.41, 5.74) is 2.04. The molecule has 0 radical (unpaired) electrons. The Morgan fingerprint density at radius 3 is 2.83 bits per heavy atom. The molecule has 0 atom stereocenters. The molecule has 0 aliphatic carbocycles. The zero-order valence-electron chi connectivity index (χ0n) is 10.4. The first-order valence-corrected chi connectivity index (χ1v) is 6.15. The number of alkyl halides is 1. The fraction of sp³-hybridized carbons (Fsp3) is 0.231. The summed E-state index contributed by atoms with van der Waals surface area (Å²) in [4.78, 5) is 10.4. The van der Waals surface area contributed by atoms with E-state index in [0.29, 0.717) is 11.8 Å². The van der Waals surface area contributed by atoms with Gasteiger partial charge in [-0.15, -0.1) is 11.6 Å². The molecule has 4 nitrogen and oxygen atoms in total. The lowest BCUT2D eigenvalue weighted by molar-refractivity contribution is 1.00. The Balaban J connectivity index is 2.20. The van der Waals surface area contributed by atoms with Crippen molar-refractivity contribution in [3.63, 3.8) is 0 Å². The Morgan fingerprint density at radius 2 is 2.11 bits per heavy atom. The highest BCUT2D eigenvalue weighted by molar-refractivity contribution is 6.17. The minimum Gasteiger partial charge on any atom is -0.347 e. The van der Waals surface area contributed by atoms with E-state index in [-0.39, 0.29) is 0 Å². The summed E-state index contributed by atoms with van der Waals surface area (Å²) in [6.45, 7) is 0. The van der Waals surface area contributed by atoms with Crippen molar-refractivity contribution in [1.82, 2.24) is 9.97 Å². The van der Waals surface area contributed by atoms with Crippen molar-refractivity contribution in [2.24, 2.45) is 0 Å². The van der Waals surface area contributed by atoms with Gasteiger partial charge in [0.25, 0.3) is 0 Å². The summed E-state index contributed by atoms with van der Waals surface area (Å²) in [7, 11) is 3.82. The third kappa shape index (κ3) is 3.11. The first-order valence-electron chi connectivity index (χ1n) is 5.61. The number of benzene rings is 1. The highest BCUT2D eigenvalue weighted by atomic mass is 35.5. The SMILES string of the molecule is CN(C)c1nccc(Nc2cccc(CCl)c2)n1. The molecule has 1 aromatic carbocycles. The summed E-state index contributed by atoms with van der Waals surface area (Å²) in [6.07, 6.45) is 1.73. The van der Waals surface area contributed by atoms with Crippen LogP contribution in [-0.2, 0) is 5.88 Å². The second-order valence-corrected chi connectivity index (χ2v) is 4.36. The van der Waals surface area contributed by atoms with Crippen molar-refractivity contribution in [3.8, 4) is 0 Å². The van der Waals surface area contributed by atoms with Gasteiger partial charge in [0.2, 0.25) is 5.95 Å². The number of rotatable bonds is 4. The van der Waals surface area contributed by atoms with Crippen LogP contribution < -0.4 is 10.2 Å². The summed E-state index contributed by atoms with van der Waals surface area (Å²) in [6, 6.07) is 9.77. The van der Waals surface area contributed by atoms with Crippen molar-refractivity contribution >= 4 is 29.1 Å². The van der Waals surface area contributed by atoms with E-state index in [4.69, 9.17) is 11.6 Å². The van der Waals surface area contributed by atoms with Crippen LogP contribution >= 0.6 is 11.6 Å². The molecule has 1 heterocycles. The topological polar surface area (TPSA) is 41.1 Å². The van der Waals surface area contributed by atoms with E-state index in [2.05, 4.69) is 15.3 Å². The fourth-order valence-electron chi connectivity index (χ4n) is 1.51. The second-order valence-electron chi connectivity index (χ2n) is 4.10. The lowest BCUT2D eigenvalue weighted by Gasteiger charge is -2.12. The lowest BCUT2D eigenvalue weighted by Crippen LogP contribution is -2.13. The quantitative estimate of drug-likeness (QED) is 0.860. The van der Waals surface area contributed by atoms with Gasteiger partial charge in [-0.1, -0.05) is 12.1 Å². The van der Waals surface area contributed by atoms with Crippen LogP contribution in [0.15, 0.2) is 36.5 Å². The first-order chi connectivity index (χ1) is 8.69. The largest absolute Gasteiger partial charge is 0.347 e. The van der Waals surface area contributed by atoms with E-state index in [1.54, 1.807) is 6.20 Å². The average molecular weight is 263 g/mol. The molecule has 2 aromatic rings. The van der Waals surface area contributed by atoms with E-state index >= 15 is 0 Å². The van der Waals surface area contributed by atoms with Gasteiger partial charge in [-0.25, -0.2) is 4.98 Å². The highest BCUT2D eigenvalue weighted by Gasteiger charge is 2.01. The van der Waals surface area contributed by atoms with E-state index in [0.717, 1.165) is 17.1 Å². The van der Waals surface area contributed by atoms with Gasteiger partial charge in [0.15, 0.2) is 0 Å². The number of aromatic nitrogens is 2. The molecule has 0 saturated carbocycles. The molecule has 0 fully saturated rings. The summed E-state index contributed by atoms with van der Waals surface area (Å²) < 4.78 is 0. The molecule has 0 unspecified atom stereocenters. The number of halogens is 1. The lowest BCUT2D eigenvalue weighted by atomic mass is 10.2. The van der Waals surface area contributed by atoms with Gasteiger partial charge in [-0.2, -0.15) is 4.98 Å². The van der Waals surface area contributed by atoms with Crippen molar-refractivity contribution < 1.29 is 0 Å². The molecule has 0 aliphatic rings. The smallest absolute Gasteiger partial charge is 0.226 e. The maximum atomic E-state index is 5.81. The maximum absolute atomic E-state index is 5.81. The standard InChI is InChI=1S/C13H15ClN4/c1-18(2)13-15-7-6-12(17-13)16-11-5-3-4-10(8-11)9-14/h3-8H,9H2,1-2H3,(H,15,16,17). The van der Waals surface area contributed by atoms with Crippen LogP contribution in [0.3, 0.4) is 0 Å². The molecule has 1 N–H and O–H groups in total. The maximum Gasteiger partial charge on any atom is 0.226 e. The zero-order chi connectivity index (χ0) is 13.0. The third-order valence-electron chi connectivity index (χ3n) is 2.40. The molecular weight excluding hydrogens is 248 g/mol. The van der Waals surface area contributed by atoms with Crippen molar-refractivity contribution in [2.45, 2.75) is 5.88 Å². The van der Waals surface area contributed by atoms with E-state index < -0.39 is 0 Å². The molecule has 0 spiro atoms. The van der Waals surface area contributed by atoms with Crippen molar-refractivity contribution in [1.29, 1.82) is 0 Å². The molecule has 1 aromatic heterocycles. The van der Waals surface area contributed by atoms with Crippen LogP contribution in [0.1, 0.15) is 5.56 Å². The second kappa shape index (κ2) is 5.69. The number of anilines is 3. The van der Waals surface area contributed by atoms with Crippen LogP contribution in [0, 0.1) is 0 Å². The monoisotopic (exact) mass is 262 g/mol. The van der Waals surface area contributed by atoms with Gasteiger partial charge in [0.05, 0.1) is 0 Å². The van der Waals surface area contributed by atoms with Crippen LogP contribution in [0.4, 0.5) is 17.5 Å². The molecule has 94 valence electrons. The minimum absolute atomic E-state index is 0.502. The van der Waals surface area contributed by atoms with E-state index in [1.165, 1.54) is 0 Å². The molecule has 0 bridgehead atoms. The van der Waals surface area contributed by atoms with Gasteiger partial charge >= 0.3 is 0 Å². The highest BCUT2D eigenvalue weighted by Crippen LogP contribution is 2.18.